The number of anilines is 1. The van der Waals surface area contributed by atoms with Crippen molar-refractivity contribution in [3.63, 3.8) is 0 Å². The van der Waals surface area contributed by atoms with Gasteiger partial charge in [-0.2, -0.15) is 0 Å². The summed E-state index contributed by atoms with van der Waals surface area (Å²) >= 11 is 0. The number of aliphatic hydroxyl groups is 1. The van der Waals surface area contributed by atoms with Gasteiger partial charge in [-0.05, 0) is 25.5 Å². The number of aromatic nitrogens is 1. The van der Waals surface area contributed by atoms with Crippen molar-refractivity contribution in [3.8, 4) is 0 Å². The van der Waals surface area contributed by atoms with Crippen molar-refractivity contribution in [2.24, 2.45) is 0 Å². The molecule has 0 saturated heterocycles. The fourth-order valence-corrected chi connectivity index (χ4v) is 2.06. The summed E-state index contributed by atoms with van der Waals surface area (Å²) in [7, 11) is 0. The van der Waals surface area contributed by atoms with E-state index in [1.165, 1.54) is 6.07 Å². The highest BCUT2D eigenvalue weighted by Crippen LogP contribution is 2.30. The summed E-state index contributed by atoms with van der Waals surface area (Å²) in [6, 6.07) is 12.3. The maximum Gasteiger partial charge on any atom is 0.311 e. The van der Waals surface area contributed by atoms with Crippen LogP contribution in [0.3, 0.4) is 0 Å². The van der Waals surface area contributed by atoms with Crippen molar-refractivity contribution in [1.29, 1.82) is 0 Å². The van der Waals surface area contributed by atoms with Crippen LogP contribution < -0.4 is 5.32 Å². The molecule has 110 valence electrons. The zero-order valence-corrected chi connectivity index (χ0v) is 11.9. The summed E-state index contributed by atoms with van der Waals surface area (Å²) in [5.74, 6) is 0.153. The number of nitro groups is 1. The van der Waals surface area contributed by atoms with Gasteiger partial charge in [0.1, 0.15) is 0 Å². The first-order chi connectivity index (χ1) is 9.96. The summed E-state index contributed by atoms with van der Waals surface area (Å²) in [5.41, 5.74) is 0.519. The first-order valence-corrected chi connectivity index (χ1v) is 6.53. The Morgan fingerprint density at radius 2 is 1.95 bits per heavy atom. The molecule has 2 aromatic rings. The number of benzene rings is 1. The lowest BCUT2D eigenvalue weighted by Gasteiger charge is -2.29. The van der Waals surface area contributed by atoms with Crippen molar-refractivity contribution in [1.82, 2.24) is 4.98 Å². The molecule has 0 aliphatic carbocycles. The molecule has 0 radical (unpaired) electrons. The Kier molecular flexibility index (Phi) is 4.18. The molecule has 2 N–H and O–H groups in total. The van der Waals surface area contributed by atoms with Crippen molar-refractivity contribution in [2.75, 3.05) is 11.9 Å². The minimum absolute atomic E-state index is 0.115. The van der Waals surface area contributed by atoms with E-state index in [9.17, 15) is 15.2 Å². The fraction of sp³-hybridized carbons (Fsp3) is 0.267. The van der Waals surface area contributed by atoms with Gasteiger partial charge in [0.05, 0.1) is 17.1 Å². The molecule has 0 saturated carbocycles. The zero-order chi connectivity index (χ0) is 15.5. The van der Waals surface area contributed by atoms with Gasteiger partial charge in [0.15, 0.2) is 0 Å². The monoisotopic (exact) mass is 287 g/mol. The highest BCUT2D eigenvalue weighted by atomic mass is 16.6. The molecule has 0 bridgehead atoms. The molecule has 1 aromatic carbocycles. The van der Waals surface area contributed by atoms with Gasteiger partial charge in [-0.1, -0.05) is 30.3 Å². The SMILES string of the molecule is Cc1ccc([N+](=O)[O-])c(NC(C)(CO)c2ccccc2)n1. The van der Waals surface area contributed by atoms with Gasteiger partial charge in [0, 0.05) is 11.8 Å². The fourth-order valence-electron chi connectivity index (χ4n) is 2.06. The lowest BCUT2D eigenvalue weighted by Crippen LogP contribution is -2.36. The van der Waals surface area contributed by atoms with Crippen molar-refractivity contribution >= 4 is 11.5 Å². The van der Waals surface area contributed by atoms with Crippen LogP contribution in [0.1, 0.15) is 18.2 Å². The van der Waals surface area contributed by atoms with Gasteiger partial charge in [0.2, 0.25) is 5.82 Å². The lowest BCUT2D eigenvalue weighted by molar-refractivity contribution is -0.384. The Morgan fingerprint density at radius 3 is 2.52 bits per heavy atom. The molecule has 21 heavy (non-hydrogen) atoms. The Morgan fingerprint density at radius 1 is 1.29 bits per heavy atom. The topological polar surface area (TPSA) is 88.3 Å². The quantitative estimate of drug-likeness (QED) is 0.652. The largest absolute Gasteiger partial charge is 0.394 e. The minimum Gasteiger partial charge on any atom is -0.394 e. The number of rotatable bonds is 5. The van der Waals surface area contributed by atoms with E-state index in [-0.39, 0.29) is 18.1 Å². The first-order valence-electron chi connectivity index (χ1n) is 6.53. The lowest BCUT2D eigenvalue weighted by atomic mass is 9.93. The number of hydrogen-bond acceptors (Lipinski definition) is 5. The van der Waals surface area contributed by atoms with Crippen LogP contribution in [0, 0.1) is 17.0 Å². The molecule has 6 heteroatoms. The van der Waals surface area contributed by atoms with Crippen LogP contribution in [-0.4, -0.2) is 21.6 Å². The average Bonchev–Trinajstić information content (AvgIpc) is 2.47. The van der Waals surface area contributed by atoms with Crippen molar-refractivity contribution in [2.45, 2.75) is 19.4 Å². The molecule has 0 spiro atoms. The molecule has 1 atom stereocenters. The van der Waals surface area contributed by atoms with E-state index in [1.807, 2.05) is 30.3 Å². The molecule has 0 fully saturated rings. The van der Waals surface area contributed by atoms with Crippen LogP contribution >= 0.6 is 0 Å². The third kappa shape index (κ3) is 3.17. The second-order valence-corrected chi connectivity index (χ2v) is 5.06. The first kappa shape index (κ1) is 14.9. The number of pyridine rings is 1. The van der Waals surface area contributed by atoms with Gasteiger partial charge in [-0.3, -0.25) is 10.1 Å². The van der Waals surface area contributed by atoms with E-state index >= 15 is 0 Å². The third-order valence-corrected chi connectivity index (χ3v) is 3.33. The predicted octanol–water partition coefficient (Wildman–Crippen LogP) is 2.62. The molecular weight excluding hydrogens is 270 g/mol. The van der Waals surface area contributed by atoms with Crippen LogP contribution in [0.15, 0.2) is 42.5 Å². The summed E-state index contributed by atoms with van der Waals surface area (Å²) in [6.07, 6.45) is 0. The number of nitrogens with one attached hydrogen (secondary N) is 1. The molecule has 1 heterocycles. The van der Waals surface area contributed by atoms with Gasteiger partial charge < -0.3 is 10.4 Å². The highest BCUT2D eigenvalue weighted by Gasteiger charge is 2.29. The second kappa shape index (κ2) is 5.88. The van der Waals surface area contributed by atoms with E-state index in [0.717, 1.165) is 5.56 Å². The molecule has 0 aliphatic rings. The van der Waals surface area contributed by atoms with E-state index in [1.54, 1.807) is 19.9 Å². The summed E-state index contributed by atoms with van der Waals surface area (Å²) in [4.78, 5) is 14.8. The van der Waals surface area contributed by atoms with Crippen LogP contribution in [0.4, 0.5) is 11.5 Å². The summed E-state index contributed by atoms with van der Waals surface area (Å²) in [6.45, 7) is 3.31. The molecule has 0 aliphatic heterocycles. The smallest absolute Gasteiger partial charge is 0.311 e. The normalized spacial score (nSPS) is 13.5. The Hall–Kier alpha value is -2.47. The van der Waals surface area contributed by atoms with Gasteiger partial charge in [-0.15, -0.1) is 0 Å². The number of nitrogens with zero attached hydrogens (tertiary/aromatic N) is 2. The van der Waals surface area contributed by atoms with Crippen LogP contribution in [0.25, 0.3) is 0 Å². The van der Waals surface area contributed by atoms with Crippen LogP contribution in [0.5, 0.6) is 0 Å². The third-order valence-electron chi connectivity index (χ3n) is 3.33. The van der Waals surface area contributed by atoms with Crippen molar-refractivity contribution in [3.05, 3.63) is 63.8 Å². The van der Waals surface area contributed by atoms with Gasteiger partial charge in [-0.25, -0.2) is 4.98 Å². The Bertz CT molecular complexity index is 646. The van der Waals surface area contributed by atoms with Gasteiger partial charge >= 0.3 is 5.69 Å². The maximum atomic E-state index is 11.1. The Balaban J connectivity index is 2.44. The maximum absolute atomic E-state index is 11.1. The standard InChI is InChI=1S/C15H17N3O3/c1-11-8-9-13(18(20)21)14(16-11)17-15(2,10-19)12-6-4-3-5-7-12/h3-9,19H,10H2,1-2H3,(H,16,17). The highest BCUT2D eigenvalue weighted by molar-refractivity contribution is 5.58. The van der Waals surface area contributed by atoms with Crippen LogP contribution in [0.2, 0.25) is 0 Å². The Labute approximate surface area is 122 Å². The molecule has 6 nitrogen and oxygen atoms in total. The number of aryl methyl sites for hydroxylation is 1. The van der Waals surface area contributed by atoms with E-state index < -0.39 is 10.5 Å². The van der Waals surface area contributed by atoms with E-state index in [4.69, 9.17) is 0 Å². The minimum atomic E-state index is -0.854. The molecular formula is C15H17N3O3. The summed E-state index contributed by atoms with van der Waals surface area (Å²) < 4.78 is 0. The number of aliphatic hydroxyl groups excluding tert-OH is 1. The zero-order valence-electron chi connectivity index (χ0n) is 11.9. The number of hydrogen-bond donors (Lipinski definition) is 2. The molecule has 1 unspecified atom stereocenters. The molecule has 1 aromatic heterocycles. The second-order valence-electron chi connectivity index (χ2n) is 5.06. The molecule has 0 amide bonds. The summed E-state index contributed by atoms with van der Waals surface area (Å²) in [5, 5.41) is 23.9. The van der Waals surface area contributed by atoms with E-state index in [2.05, 4.69) is 10.3 Å². The van der Waals surface area contributed by atoms with Crippen LogP contribution in [-0.2, 0) is 5.54 Å². The molecule has 2 rings (SSSR count). The van der Waals surface area contributed by atoms with E-state index in [0.29, 0.717) is 5.69 Å². The average molecular weight is 287 g/mol. The predicted molar refractivity (Wildman–Crippen MR) is 80.1 cm³/mol. The van der Waals surface area contributed by atoms with Gasteiger partial charge in [0.25, 0.3) is 0 Å². The van der Waals surface area contributed by atoms with Crippen molar-refractivity contribution < 1.29 is 10.0 Å².